The Kier molecular flexibility index (Phi) is 5.51. The van der Waals surface area contributed by atoms with Crippen LogP contribution >= 0.6 is 0 Å². The summed E-state index contributed by atoms with van der Waals surface area (Å²) < 4.78 is 28.7. The normalized spacial score (nSPS) is 19.3. The van der Waals surface area contributed by atoms with Crippen LogP contribution in [0.15, 0.2) is 67.1 Å². The highest BCUT2D eigenvalue weighted by atomic mass is 19.1. The molecule has 3 heterocycles. The summed E-state index contributed by atoms with van der Waals surface area (Å²) in [7, 11) is 0. The first-order valence-corrected chi connectivity index (χ1v) is 12.2. The van der Waals surface area contributed by atoms with Crippen molar-refractivity contribution >= 4 is 21.9 Å². The second-order valence-electron chi connectivity index (χ2n) is 9.67. The van der Waals surface area contributed by atoms with Crippen molar-refractivity contribution in [3.8, 4) is 11.1 Å². The van der Waals surface area contributed by atoms with Gasteiger partial charge < -0.3 is 4.98 Å². The number of pyridine rings is 2. The second-order valence-corrected chi connectivity index (χ2v) is 9.67. The third-order valence-electron chi connectivity index (χ3n) is 7.67. The molecule has 1 aliphatic carbocycles. The molecule has 4 nitrogen and oxygen atoms in total. The van der Waals surface area contributed by atoms with Gasteiger partial charge in [-0.2, -0.15) is 0 Å². The van der Waals surface area contributed by atoms with E-state index in [1.807, 2.05) is 18.3 Å². The van der Waals surface area contributed by atoms with Gasteiger partial charge in [-0.05, 0) is 91.1 Å². The van der Waals surface area contributed by atoms with Gasteiger partial charge in [0.1, 0.15) is 17.5 Å². The third kappa shape index (κ3) is 4.07. The van der Waals surface area contributed by atoms with Crippen molar-refractivity contribution in [3.63, 3.8) is 0 Å². The average molecular weight is 469 g/mol. The highest BCUT2D eigenvalue weighted by molar-refractivity contribution is 5.83. The fourth-order valence-electron chi connectivity index (χ4n) is 5.67. The predicted molar refractivity (Wildman–Crippen MR) is 134 cm³/mol. The standard InChI is InChI=1S/C29H26F2N4/c1-17(29-34-27-15-23(20-8-11-32-12-9-20)25(31)16-28(27)35-29)18-2-4-19(5-3-18)22-10-13-33-26-7-6-21(30)14-24(22)26/h6-19H,2-5H2,1H3,(H,34,35)/t17-,18?,19?/m0/s1. The maximum absolute atomic E-state index is 14.8. The summed E-state index contributed by atoms with van der Waals surface area (Å²) in [6, 6.07) is 13.8. The summed E-state index contributed by atoms with van der Waals surface area (Å²) >= 11 is 0. The monoisotopic (exact) mass is 468 g/mol. The van der Waals surface area contributed by atoms with Crippen LogP contribution in [0.4, 0.5) is 8.78 Å². The van der Waals surface area contributed by atoms with E-state index in [9.17, 15) is 8.78 Å². The third-order valence-corrected chi connectivity index (χ3v) is 7.67. The first-order chi connectivity index (χ1) is 17.1. The van der Waals surface area contributed by atoms with E-state index < -0.39 is 0 Å². The van der Waals surface area contributed by atoms with Crippen molar-refractivity contribution in [3.05, 3.63) is 90.1 Å². The molecule has 3 aromatic heterocycles. The fraction of sp³-hybridized carbons (Fsp3) is 0.276. The van der Waals surface area contributed by atoms with Crippen molar-refractivity contribution < 1.29 is 8.78 Å². The molecule has 2 aromatic carbocycles. The molecule has 6 rings (SSSR count). The van der Waals surface area contributed by atoms with Crippen LogP contribution in [0.5, 0.6) is 0 Å². The summed E-state index contributed by atoms with van der Waals surface area (Å²) in [6.07, 6.45) is 9.39. The molecule has 1 aliphatic rings. The molecule has 5 aromatic rings. The number of rotatable bonds is 4. The lowest BCUT2D eigenvalue weighted by molar-refractivity contribution is 0.286. The molecule has 0 radical (unpaired) electrons. The molecule has 0 saturated heterocycles. The SMILES string of the molecule is C[C@H](c1nc2cc(-c3ccncc3)c(F)cc2[nH]1)C1CCC(c2ccnc3ccc(F)cc23)CC1. The number of hydrogen-bond acceptors (Lipinski definition) is 3. The lowest BCUT2D eigenvalue weighted by atomic mass is 9.73. The first kappa shape index (κ1) is 21.8. The molecule has 176 valence electrons. The molecule has 0 spiro atoms. The summed E-state index contributed by atoms with van der Waals surface area (Å²) in [5, 5.41) is 0.924. The first-order valence-electron chi connectivity index (χ1n) is 12.2. The van der Waals surface area contributed by atoms with Crippen molar-refractivity contribution in [1.29, 1.82) is 0 Å². The van der Waals surface area contributed by atoms with E-state index >= 15 is 0 Å². The van der Waals surface area contributed by atoms with Crippen molar-refractivity contribution in [2.75, 3.05) is 0 Å². The lowest BCUT2D eigenvalue weighted by Crippen LogP contribution is -2.19. The molecular weight excluding hydrogens is 442 g/mol. The van der Waals surface area contributed by atoms with E-state index in [1.165, 1.54) is 11.6 Å². The van der Waals surface area contributed by atoms with Crippen LogP contribution in [-0.2, 0) is 0 Å². The fourth-order valence-corrected chi connectivity index (χ4v) is 5.67. The number of nitrogens with one attached hydrogen (secondary N) is 1. The molecule has 1 N–H and O–H groups in total. The van der Waals surface area contributed by atoms with Crippen LogP contribution in [0.2, 0.25) is 0 Å². The van der Waals surface area contributed by atoms with Gasteiger partial charge in [-0.25, -0.2) is 13.8 Å². The molecule has 0 amide bonds. The minimum atomic E-state index is -0.270. The van der Waals surface area contributed by atoms with E-state index in [4.69, 9.17) is 4.98 Å². The Morgan fingerprint density at radius 1 is 0.886 bits per heavy atom. The molecule has 0 unspecified atom stereocenters. The molecule has 35 heavy (non-hydrogen) atoms. The predicted octanol–water partition coefficient (Wildman–Crippen LogP) is 7.53. The molecule has 1 atom stereocenters. The molecule has 0 bridgehead atoms. The van der Waals surface area contributed by atoms with E-state index in [2.05, 4.69) is 21.9 Å². The van der Waals surface area contributed by atoms with Crippen molar-refractivity contribution in [2.24, 2.45) is 5.92 Å². The van der Waals surface area contributed by atoms with Crippen LogP contribution in [0.1, 0.15) is 55.8 Å². The topological polar surface area (TPSA) is 54.5 Å². The Bertz CT molecular complexity index is 1500. The van der Waals surface area contributed by atoms with Gasteiger partial charge in [-0.15, -0.1) is 0 Å². The van der Waals surface area contributed by atoms with E-state index in [-0.39, 0.29) is 17.6 Å². The number of H-pyrrole nitrogens is 1. The van der Waals surface area contributed by atoms with Crippen LogP contribution < -0.4 is 0 Å². The summed E-state index contributed by atoms with van der Waals surface area (Å²) in [4.78, 5) is 16.7. The van der Waals surface area contributed by atoms with Crippen molar-refractivity contribution in [2.45, 2.75) is 44.4 Å². The van der Waals surface area contributed by atoms with Crippen molar-refractivity contribution in [1.82, 2.24) is 19.9 Å². The largest absolute Gasteiger partial charge is 0.342 e. The quantitative estimate of drug-likeness (QED) is 0.297. The van der Waals surface area contributed by atoms with Crippen LogP contribution in [0.3, 0.4) is 0 Å². The molecule has 0 aliphatic heterocycles. The van der Waals surface area contributed by atoms with Gasteiger partial charge in [0.25, 0.3) is 0 Å². The van der Waals surface area contributed by atoms with E-state index in [0.29, 0.717) is 17.4 Å². The van der Waals surface area contributed by atoms with E-state index in [0.717, 1.165) is 59.0 Å². The molecule has 6 heteroatoms. The molecule has 1 saturated carbocycles. The Labute approximate surface area is 202 Å². The Morgan fingerprint density at radius 2 is 1.69 bits per heavy atom. The summed E-state index contributed by atoms with van der Waals surface area (Å²) in [6.45, 7) is 2.21. The van der Waals surface area contributed by atoms with E-state index in [1.54, 1.807) is 42.7 Å². The molecular formula is C29H26F2N4. The van der Waals surface area contributed by atoms with Gasteiger partial charge >= 0.3 is 0 Å². The number of nitrogens with zero attached hydrogens (tertiary/aromatic N) is 3. The number of benzene rings is 2. The minimum Gasteiger partial charge on any atom is -0.342 e. The number of hydrogen-bond donors (Lipinski definition) is 1. The van der Waals surface area contributed by atoms with Crippen LogP contribution in [-0.4, -0.2) is 19.9 Å². The average Bonchev–Trinajstić information content (AvgIpc) is 3.31. The van der Waals surface area contributed by atoms with Gasteiger partial charge in [0.15, 0.2) is 0 Å². The molecule has 1 fully saturated rings. The second kappa shape index (κ2) is 8.84. The van der Waals surface area contributed by atoms with Crippen LogP contribution in [0, 0.1) is 17.6 Å². The number of halogens is 2. The maximum Gasteiger partial charge on any atom is 0.133 e. The van der Waals surface area contributed by atoms with Gasteiger partial charge in [-0.1, -0.05) is 6.92 Å². The summed E-state index contributed by atoms with van der Waals surface area (Å²) in [5.74, 6) is 1.55. The number of aromatic amines is 1. The van der Waals surface area contributed by atoms with Gasteiger partial charge in [0.2, 0.25) is 0 Å². The zero-order chi connectivity index (χ0) is 23.9. The zero-order valence-corrected chi connectivity index (χ0v) is 19.5. The lowest BCUT2D eigenvalue weighted by Gasteiger charge is -2.32. The van der Waals surface area contributed by atoms with Gasteiger partial charge in [0, 0.05) is 41.5 Å². The number of imidazole rings is 1. The summed E-state index contributed by atoms with van der Waals surface area (Å²) in [5.41, 5.74) is 4.87. The number of fused-ring (bicyclic) bond motifs is 2. The van der Waals surface area contributed by atoms with Crippen LogP contribution in [0.25, 0.3) is 33.1 Å². The smallest absolute Gasteiger partial charge is 0.133 e. The van der Waals surface area contributed by atoms with Gasteiger partial charge in [0.05, 0.1) is 16.6 Å². The zero-order valence-electron chi connectivity index (χ0n) is 19.5. The Balaban J connectivity index is 1.21. The maximum atomic E-state index is 14.8. The minimum absolute atomic E-state index is 0.220. The Hall–Kier alpha value is -3.67. The van der Waals surface area contributed by atoms with Gasteiger partial charge in [-0.3, -0.25) is 9.97 Å². The highest BCUT2D eigenvalue weighted by Crippen LogP contribution is 2.43. The highest BCUT2D eigenvalue weighted by Gasteiger charge is 2.29. The number of aromatic nitrogens is 4. The Morgan fingerprint density at radius 3 is 2.49 bits per heavy atom.